The summed E-state index contributed by atoms with van der Waals surface area (Å²) in [7, 11) is 0. The third kappa shape index (κ3) is 3.94. The Morgan fingerprint density at radius 3 is 2.48 bits per heavy atom. The fraction of sp³-hybridized carbons (Fsp3) is 0.312. The summed E-state index contributed by atoms with van der Waals surface area (Å²) in [6.07, 6.45) is -0.299. The van der Waals surface area contributed by atoms with Crippen LogP contribution in [0.2, 0.25) is 0 Å². The minimum Gasteiger partial charge on any atom is -0.475 e. The van der Waals surface area contributed by atoms with Gasteiger partial charge in [0.15, 0.2) is 5.44 Å². The quantitative estimate of drug-likeness (QED) is 0.778. The van der Waals surface area contributed by atoms with Crippen LogP contribution in [0.15, 0.2) is 48.8 Å². The zero-order chi connectivity index (χ0) is 16.2. The number of para-hydroxylation sites is 1. The van der Waals surface area contributed by atoms with E-state index in [2.05, 4.69) is 4.98 Å². The van der Waals surface area contributed by atoms with Crippen LogP contribution in [0.4, 0.5) is 0 Å². The van der Waals surface area contributed by atoms with Crippen molar-refractivity contribution in [2.24, 2.45) is 0 Å². The summed E-state index contributed by atoms with van der Waals surface area (Å²) < 4.78 is 11.3. The first-order valence-corrected chi connectivity index (χ1v) is 8.19. The van der Waals surface area contributed by atoms with Gasteiger partial charge in [-0.15, -0.1) is 11.8 Å². The van der Waals surface area contributed by atoms with Crippen LogP contribution >= 0.6 is 11.8 Å². The third-order valence-corrected chi connectivity index (χ3v) is 4.61. The summed E-state index contributed by atoms with van der Waals surface area (Å²) in [6.45, 7) is 0. The van der Waals surface area contributed by atoms with Gasteiger partial charge in [0.2, 0.25) is 0 Å². The summed E-state index contributed by atoms with van der Waals surface area (Å²) in [6, 6.07) is 10.9. The van der Waals surface area contributed by atoms with E-state index >= 15 is 0 Å². The molecule has 1 aliphatic heterocycles. The highest BCUT2D eigenvalue weighted by molar-refractivity contribution is 7.99. The van der Waals surface area contributed by atoms with E-state index in [1.807, 2.05) is 30.3 Å². The second-order valence-electron chi connectivity index (χ2n) is 5.14. The van der Waals surface area contributed by atoms with Crippen molar-refractivity contribution in [3.05, 3.63) is 48.8 Å². The minimum atomic E-state index is -1.22. The molecule has 1 saturated heterocycles. The molecule has 2 aromatic rings. The number of pyridine rings is 1. The van der Waals surface area contributed by atoms with Crippen molar-refractivity contribution in [1.82, 2.24) is 4.98 Å². The first-order valence-electron chi connectivity index (χ1n) is 7.14. The van der Waals surface area contributed by atoms with Crippen LogP contribution in [-0.2, 0) is 0 Å². The van der Waals surface area contributed by atoms with Crippen LogP contribution in [-0.4, -0.2) is 49.8 Å². The van der Waals surface area contributed by atoms with E-state index < -0.39 is 23.7 Å². The average molecular weight is 335 g/mol. The van der Waals surface area contributed by atoms with E-state index in [9.17, 15) is 15.3 Å². The maximum Gasteiger partial charge on any atom is 0.173 e. The number of aromatic nitrogens is 1. The van der Waals surface area contributed by atoms with E-state index in [4.69, 9.17) is 9.47 Å². The van der Waals surface area contributed by atoms with Crippen molar-refractivity contribution in [3.63, 3.8) is 0 Å². The first kappa shape index (κ1) is 16.1. The first-order chi connectivity index (χ1) is 11.1. The van der Waals surface area contributed by atoms with Gasteiger partial charge in [-0.3, -0.25) is 4.98 Å². The Hall–Kier alpha value is -1.80. The third-order valence-electron chi connectivity index (χ3n) is 3.37. The molecule has 0 radical (unpaired) electrons. The van der Waals surface area contributed by atoms with Gasteiger partial charge in [0.05, 0.1) is 18.5 Å². The molecule has 6 nitrogen and oxygen atoms in total. The molecule has 1 aliphatic rings. The number of aliphatic hydroxyl groups excluding tert-OH is 3. The summed E-state index contributed by atoms with van der Waals surface area (Å²) in [5.41, 5.74) is -0.679. The van der Waals surface area contributed by atoms with Crippen molar-refractivity contribution in [2.45, 2.75) is 23.7 Å². The fourth-order valence-electron chi connectivity index (χ4n) is 2.16. The van der Waals surface area contributed by atoms with Gasteiger partial charge in [-0.05, 0) is 12.1 Å². The maximum atomic E-state index is 9.97. The van der Waals surface area contributed by atoms with Crippen molar-refractivity contribution >= 4 is 11.8 Å². The number of aliphatic hydroxyl groups is 3. The molecule has 3 rings (SSSR count). The van der Waals surface area contributed by atoms with Gasteiger partial charge in [-0.2, -0.15) is 0 Å². The number of thioether (sulfide) groups is 1. The summed E-state index contributed by atoms with van der Waals surface area (Å²) in [5, 5.41) is 29.2. The van der Waals surface area contributed by atoms with Gasteiger partial charge in [0.1, 0.15) is 29.5 Å². The van der Waals surface area contributed by atoms with Gasteiger partial charge in [-0.1, -0.05) is 18.2 Å². The molecule has 0 saturated carbocycles. The Balaban J connectivity index is 1.68. The molecule has 4 atom stereocenters. The fourth-order valence-corrected chi connectivity index (χ4v) is 3.28. The van der Waals surface area contributed by atoms with Crippen LogP contribution in [0.25, 0.3) is 0 Å². The van der Waals surface area contributed by atoms with Gasteiger partial charge in [0.25, 0.3) is 0 Å². The molecule has 1 aromatic heterocycles. The van der Waals surface area contributed by atoms with Crippen molar-refractivity contribution in [3.8, 4) is 17.2 Å². The van der Waals surface area contributed by atoms with E-state index in [-0.39, 0.29) is 5.75 Å². The summed E-state index contributed by atoms with van der Waals surface area (Å²) in [5.74, 6) is 1.89. The monoisotopic (exact) mass is 335 g/mol. The van der Waals surface area contributed by atoms with Gasteiger partial charge in [-0.25, -0.2) is 0 Å². The van der Waals surface area contributed by atoms with Crippen LogP contribution < -0.4 is 9.47 Å². The second kappa shape index (κ2) is 7.18. The molecule has 1 aromatic carbocycles. The Bertz CT molecular complexity index is 641. The van der Waals surface area contributed by atoms with Crippen LogP contribution in [0.3, 0.4) is 0 Å². The van der Waals surface area contributed by atoms with Crippen molar-refractivity contribution < 1.29 is 24.8 Å². The molecule has 23 heavy (non-hydrogen) atoms. The van der Waals surface area contributed by atoms with Crippen molar-refractivity contribution in [2.75, 3.05) is 5.75 Å². The molecule has 3 N–H and O–H groups in total. The highest BCUT2D eigenvalue weighted by atomic mass is 32.2. The van der Waals surface area contributed by atoms with Crippen LogP contribution in [0, 0.1) is 0 Å². The van der Waals surface area contributed by atoms with E-state index in [0.29, 0.717) is 17.2 Å². The Kier molecular flexibility index (Phi) is 5.02. The Morgan fingerprint density at radius 2 is 1.70 bits per heavy atom. The Morgan fingerprint density at radius 1 is 0.957 bits per heavy atom. The molecule has 0 aliphatic carbocycles. The largest absolute Gasteiger partial charge is 0.475 e. The Labute approximate surface area is 137 Å². The van der Waals surface area contributed by atoms with Crippen LogP contribution in [0.5, 0.6) is 17.2 Å². The number of hydrogen-bond donors (Lipinski definition) is 3. The molecule has 0 spiro atoms. The van der Waals surface area contributed by atoms with E-state index in [0.717, 1.165) is 0 Å². The maximum absolute atomic E-state index is 9.97. The van der Waals surface area contributed by atoms with E-state index in [1.54, 1.807) is 12.3 Å². The zero-order valence-electron chi connectivity index (χ0n) is 12.1. The molecule has 7 heteroatoms. The van der Waals surface area contributed by atoms with Crippen molar-refractivity contribution in [1.29, 1.82) is 0 Å². The standard InChI is InChI=1S/C16H17NO5S/c18-13-9-23-16(15(20)14(13)19)22-12-6-11(7-17-8-12)21-10-4-2-1-3-5-10/h1-8,13-16,18-20H,9H2/t13-,14+,15-,16-/m1/s1. The van der Waals surface area contributed by atoms with Gasteiger partial charge >= 0.3 is 0 Å². The highest BCUT2D eigenvalue weighted by Crippen LogP contribution is 2.30. The molecular formula is C16H17NO5S. The number of nitrogens with zero attached hydrogens (tertiary/aromatic N) is 1. The molecule has 0 bridgehead atoms. The normalized spacial score (nSPS) is 27.4. The molecular weight excluding hydrogens is 318 g/mol. The lowest BCUT2D eigenvalue weighted by Gasteiger charge is -2.34. The summed E-state index contributed by atoms with van der Waals surface area (Å²) >= 11 is 1.24. The predicted octanol–water partition coefficient (Wildman–Crippen LogP) is 1.41. The molecule has 122 valence electrons. The molecule has 1 fully saturated rings. The van der Waals surface area contributed by atoms with E-state index in [1.165, 1.54) is 18.0 Å². The zero-order valence-corrected chi connectivity index (χ0v) is 13.0. The minimum absolute atomic E-state index is 0.288. The second-order valence-corrected chi connectivity index (χ2v) is 6.27. The number of rotatable bonds is 4. The highest BCUT2D eigenvalue weighted by Gasteiger charge is 2.38. The number of hydrogen-bond acceptors (Lipinski definition) is 7. The number of benzene rings is 1. The van der Waals surface area contributed by atoms with Gasteiger partial charge < -0.3 is 24.8 Å². The smallest absolute Gasteiger partial charge is 0.173 e. The lowest BCUT2D eigenvalue weighted by molar-refractivity contribution is -0.0786. The average Bonchev–Trinajstić information content (AvgIpc) is 2.57. The predicted molar refractivity (Wildman–Crippen MR) is 85.6 cm³/mol. The molecule has 0 unspecified atom stereocenters. The van der Waals surface area contributed by atoms with Gasteiger partial charge in [0, 0.05) is 11.8 Å². The SMILES string of the molecule is O[C@@H]1[C@@H](O)[C@H](Oc2cncc(Oc3ccccc3)c2)SC[C@H]1O. The topological polar surface area (TPSA) is 92.0 Å². The molecule has 0 amide bonds. The lowest BCUT2D eigenvalue weighted by Crippen LogP contribution is -2.50. The molecule has 2 heterocycles. The van der Waals surface area contributed by atoms with Crippen LogP contribution in [0.1, 0.15) is 0 Å². The lowest BCUT2D eigenvalue weighted by atomic mass is 10.1. The summed E-state index contributed by atoms with van der Waals surface area (Å²) in [4.78, 5) is 4.05. The number of ether oxygens (including phenoxy) is 2.